The summed E-state index contributed by atoms with van der Waals surface area (Å²) in [6.07, 6.45) is 33.1. The van der Waals surface area contributed by atoms with Crippen molar-refractivity contribution < 1.29 is 9.53 Å². The Bertz CT molecular complexity index is 419. The van der Waals surface area contributed by atoms with Gasteiger partial charge in [0.05, 0.1) is 12.5 Å². The van der Waals surface area contributed by atoms with Crippen LogP contribution in [0.3, 0.4) is 0 Å². The summed E-state index contributed by atoms with van der Waals surface area (Å²) in [6.45, 7) is 9.56. The highest BCUT2D eigenvalue weighted by Crippen LogP contribution is 2.21. The molecule has 0 saturated heterocycles. The molecule has 2 nitrogen and oxygen atoms in total. The van der Waals surface area contributed by atoms with Crippen molar-refractivity contribution in [3.8, 4) is 0 Å². The van der Waals surface area contributed by atoms with E-state index < -0.39 is 0 Å². The van der Waals surface area contributed by atoms with Gasteiger partial charge in [-0.15, -0.1) is 0 Å². The van der Waals surface area contributed by atoms with E-state index >= 15 is 0 Å². The third-order valence-corrected chi connectivity index (χ3v) is 7.79. The monoisotopic (exact) mass is 495 g/mol. The van der Waals surface area contributed by atoms with Crippen LogP contribution in [0.1, 0.15) is 188 Å². The van der Waals surface area contributed by atoms with E-state index in [-0.39, 0.29) is 11.9 Å². The maximum Gasteiger partial charge on any atom is 0.308 e. The van der Waals surface area contributed by atoms with Crippen molar-refractivity contribution in [2.45, 2.75) is 188 Å². The molecule has 0 radical (unpaired) electrons. The Morgan fingerprint density at radius 3 is 1.17 bits per heavy atom. The average molecular weight is 495 g/mol. The molecule has 2 unspecified atom stereocenters. The number of carbonyl (C=O) groups is 1. The summed E-state index contributed by atoms with van der Waals surface area (Å²) in [5, 5.41) is 0. The van der Waals surface area contributed by atoms with Gasteiger partial charge in [-0.2, -0.15) is 0 Å². The second-order valence-electron chi connectivity index (χ2n) is 11.5. The van der Waals surface area contributed by atoms with Crippen LogP contribution in [0.25, 0.3) is 0 Å². The van der Waals surface area contributed by atoms with Crippen molar-refractivity contribution in [2.24, 2.45) is 11.8 Å². The minimum absolute atomic E-state index is 0.0511. The predicted octanol–water partition coefficient (Wildman–Crippen LogP) is 11.6. The van der Waals surface area contributed by atoms with Gasteiger partial charge in [-0.05, 0) is 25.2 Å². The Labute approximate surface area is 222 Å². The summed E-state index contributed by atoms with van der Waals surface area (Å²) in [6, 6.07) is 0. The third kappa shape index (κ3) is 24.9. The smallest absolute Gasteiger partial charge is 0.308 e. The molecule has 0 bridgehead atoms. The quantitative estimate of drug-likeness (QED) is 0.0798. The number of esters is 1. The summed E-state index contributed by atoms with van der Waals surface area (Å²) < 4.78 is 5.87. The van der Waals surface area contributed by atoms with Crippen molar-refractivity contribution in [1.29, 1.82) is 0 Å². The van der Waals surface area contributed by atoms with Gasteiger partial charge in [-0.1, -0.05) is 169 Å². The van der Waals surface area contributed by atoms with Crippen LogP contribution < -0.4 is 0 Å². The molecule has 0 saturated carbocycles. The van der Waals surface area contributed by atoms with Gasteiger partial charge in [0.15, 0.2) is 0 Å². The lowest BCUT2D eigenvalue weighted by atomic mass is 9.94. The molecule has 0 amide bonds. The molecule has 0 aliphatic carbocycles. The van der Waals surface area contributed by atoms with Crippen molar-refractivity contribution >= 4 is 5.97 Å². The lowest BCUT2D eigenvalue weighted by Crippen LogP contribution is -2.20. The van der Waals surface area contributed by atoms with Crippen LogP contribution in [0.15, 0.2) is 0 Å². The number of hydrogen-bond donors (Lipinski definition) is 0. The molecule has 0 aromatic rings. The summed E-state index contributed by atoms with van der Waals surface area (Å²) in [7, 11) is 0. The fourth-order valence-electron chi connectivity index (χ4n) is 5.14. The molecule has 210 valence electrons. The summed E-state index contributed by atoms with van der Waals surface area (Å²) >= 11 is 0. The second kappa shape index (κ2) is 28.0. The fourth-order valence-corrected chi connectivity index (χ4v) is 5.14. The van der Waals surface area contributed by atoms with Crippen molar-refractivity contribution in [3.05, 3.63) is 0 Å². The molecule has 0 spiro atoms. The van der Waals surface area contributed by atoms with Gasteiger partial charge < -0.3 is 4.74 Å². The van der Waals surface area contributed by atoms with E-state index in [2.05, 4.69) is 27.7 Å². The number of ether oxygens (including phenoxy) is 1. The SMILES string of the molecule is CCCCCCCCCCCC(CCCCCCCCC)COC(=O)C(C)CCCCCCCC. The van der Waals surface area contributed by atoms with Gasteiger partial charge in [0.2, 0.25) is 0 Å². The maximum absolute atomic E-state index is 12.6. The first-order valence-corrected chi connectivity index (χ1v) is 16.3. The van der Waals surface area contributed by atoms with E-state index in [4.69, 9.17) is 4.74 Å². The van der Waals surface area contributed by atoms with Crippen LogP contribution in [0.5, 0.6) is 0 Å². The van der Waals surface area contributed by atoms with Gasteiger partial charge in [0.25, 0.3) is 0 Å². The van der Waals surface area contributed by atoms with E-state index in [1.807, 2.05) is 0 Å². The van der Waals surface area contributed by atoms with Gasteiger partial charge >= 0.3 is 5.97 Å². The van der Waals surface area contributed by atoms with E-state index in [1.54, 1.807) is 0 Å². The van der Waals surface area contributed by atoms with E-state index in [0.29, 0.717) is 12.5 Å². The number of carbonyl (C=O) groups excluding carboxylic acids is 1. The highest BCUT2D eigenvalue weighted by molar-refractivity contribution is 5.71. The normalized spacial score (nSPS) is 13.1. The number of hydrogen-bond acceptors (Lipinski definition) is 2. The number of rotatable bonds is 28. The van der Waals surface area contributed by atoms with Crippen LogP contribution in [0, 0.1) is 11.8 Å². The van der Waals surface area contributed by atoms with Crippen molar-refractivity contribution in [2.75, 3.05) is 6.61 Å². The highest BCUT2D eigenvalue weighted by atomic mass is 16.5. The van der Waals surface area contributed by atoms with Crippen LogP contribution in [-0.4, -0.2) is 12.6 Å². The molecule has 0 N–H and O–H groups in total. The zero-order valence-electron chi connectivity index (χ0n) is 24.9. The third-order valence-electron chi connectivity index (χ3n) is 7.79. The topological polar surface area (TPSA) is 26.3 Å². The largest absolute Gasteiger partial charge is 0.465 e. The molecule has 0 aliphatic rings. The number of unbranched alkanes of at least 4 members (excludes halogenated alkanes) is 19. The summed E-state index contributed by atoms with van der Waals surface area (Å²) in [5.74, 6) is 0.684. The molecule has 0 aromatic heterocycles. The molecule has 0 heterocycles. The molecule has 0 aromatic carbocycles. The van der Waals surface area contributed by atoms with Crippen LogP contribution in [-0.2, 0) is 9.53 Å². The average Bonchev–Trinajstić information content (AvgIpc) is 2.86. The standard InChI is InChI=1S/C33H66O2/c1-5-8-11-14-17-18-20-23-26-29-32(28-25-22-19-15-12-9-6-2)30-35-33(34)31(4)27-24-21-16-13-10-7-3/h31-32H,5-30H2,1-4H3. The van der Waals surface area contributed by atoms with Gasteiger partial charge in [-0.25, -0.2) is 0 Å². The first-order chi connectivity index (χ1) is 17.2. The van der Waals surface area contributed by atoms with Crippen LogP contribution >= 0.6 is 0 Å². The van der Waals surface area contributed by atoms with Gasteiger partial charge in [0.1, 0.15) is 0 Å². The Kier molecular flexibility index (Phi) is 27.6. The zero-order valence-corrected chi connectivity index (χ0v) is 24.9. The zero-order chi connectivity index (χ0) is 25.8. The molecule has 2 heteroatoms. The van der Waals surface area contributed by atoms with E-state index in [9.17, 15) is 4.79 Å². The lowest BCUT2D eigenvalue weighted by molar-refractivity contribution is -0.149. The molecule has 0 fully saturated rings. The van der Waals surface area contributed by atoms with Crippen molar-refractivity contribution in [3.63, 3.8) is 0 Å². The van der Waals surface area contributed by atoms with Gasteiger partial charge in [-0.3, -0.25) is 4.79 Å². The minimum Gasteiger partial charge on any atom is -0.465 e. The Morgan fingerprint density at radius 2 is 0.800 bits per heavy atom. The predicted molar refractivity (Wildman–Crippen MR) is 156 cm³/mol. The second-order valence-corrected chi connectivity index (χ2v) is 11.5. The van der Waals surface area contributed by atoms with E-state index in [0.717, 1.165) is 6.42 Å². The van der Waals surface area contributed by atoms with Crippen molar-refractivity contribution in [1.82, 2.24) is 0 Å². The molecule has 0 rings (SSSR count). The first-order valence-electron chi connectivity index (χ1n) is 16.3. The maximum atomic E-state index is 12.6. The summed E-state index contributed by atoms with van der Waals surface area (Å²) in [5.41, 5.74) is 0. The van der Waals surface area contributed by atoms with Crippen LogP contribution in [0.4, 0.5) is 0 Å². The first kappa shape index (κ1) is 34.5. The molecular weight excluding hydrogens is 428 g/mol. The van der Waals surface area contributed by atoms with E-state index in [1.165, 1.54) is 154 Å². The van der Waals surface area contributed by atoms with Gasteiger partial charge in [0, 0.05) is 0 Å². The highest BCUT2D eigenvalue weighted by Gasteiger charge is 2.17. The Hall–Kier alpha value is -0.530. The molecule has 35 heavy (non-hydrogen) atoms. The molecular formula is C33H66O2. The molecule has 2 atom stereocenters. The Morgan fingerprint density at radius 1 is 0.486 bits per heavy atom. The van der Waals surface area contributed by atoms with Crippen LogP contribution in [0.2, 0.25) is 0 Å². The minimum atomic E-state index is 0.0511. The summed E-state index contributed by atoms with van der Waals surface area (Å²) in [4.78, 5) is 12.6. The lowest BCUT2D eigenvalue weighted by Gasteiger charge is -2.19. The fraction of sp³-hybridized carbons (Fsp3) is 0.970. The Balaban J connectivity index is 4.15. The molecule has 0 aliphatic heterocycles.